The highest BCUT2D eigenvalue weighted by atomic mass is 19.1. The van der Waals surface area contributed by atoms with Crippen molar-refractivity contribution in [2.45, 2.75) is 20.3 Å². The lowest BCUT2D eigenvalue weighted by Gasteiger charge is -2.22. The molecule has 1 saturated heterocycles. The fourth-order valence-electron chi connectivity index (χ4n) is 2.32. The molecule has 1 aliphatic heterocycles. The predicted molar refractivity (Wildman–Crippen MR) is 68.8 cm³/mol. The average Bonchev–Trinajstić information content (AvgIpc) is 2.75. The topological polar surface area (TPSA) is 46.3 Å². The van der Waals surface area contributed by atoms with Crippen molar-refractivity contribution in [1.82, 2.24) is 4.90 Å². The maximum Gasteiger partial charge on any atom is 0.253 e. The summed E-state index contributed by atoms with van der Waals surface area (Å²) >= 11 is 0. The summed E-state index contributed by atoms with van der Waals surface area (Å²) in [6.45, 7) is 5.75. The van der Waals surface area contributed by atoms with E-state index in [4.69, 9.17) is 5.73 Å². The lowest BCUT2D eigenvalue weighted by molar-refractivity contribution is 0.0776. The van der Waals surface area contributed by atoms with E-state index in [2.05, 4.69) is 6.92 Å². The number of benzene rings is 1. The first kappa shape index (κ1) is 13.0. The zero-order valence-corrected chi connectivity index (χ0v) is 10.9. The van der Waals surface area contributed by atoms with Crippen LogP contribution in [0.4, 0.5) is 4.39 Å². The number of nitrogens with two attached hydrogens (primary N) is 1. The van der Waals surface area contributed by atoms with Gasteiger partial charge in [-0.2, -0.15) is 0 Å². The van der Waals surface area contributed by atoms with Crippen molar-refractivity contribution in [3.8, 4) is 0 Å². The van der Waals surface area contributed by atoms with E-state index in [1.54, 1.807) is 24.0 Å². The molecule has 1 heterocycles. The molecule has 1 atom stereocenters. The Bertz CT molecular complexity index is 475. The number of halogens is 1. The van der Waals surface area contributed by atoms with Gasteiger partial charge in [0.25, 0.3) is 5.91 Å². The van der Waals surface area contributed by atoms with Gasteiger partial charge in [0.1, 0.15) is 5.82 Å². The molecule has 0 aliphatic carbocycles. The van der Waals surface area contributed by atoms with Crippen LogP contribution in [0.1, 0.15) is 29.3 Å². The Labute approximate surface area is 107 Å². The van der Waals surface area contributed by atoms with Gasteiger partial charge in [0.15, 0.2) is 0 Å². The zero-order chi connectivity index (χ0) is 13.3. The normalized spacial score (nSPS) is 23.4. The van der Waals surface area contributed by atoms with Crippen LogP contribution in [0.2, 0.25) is 0 Å². The highest BCUT2D eigenvalue weighted by Crippen LogP contribution is 2.29. The van der Waals surface area contributed by atoms with Crippen molar-refractivity contribution in [3.05, 3.63) is 35.1 Å². The lowest BCUT2D eigenvalue weighted by atomic mass is 9.90. The van der Waals surface area contributed by atoms with E-state index in [0.29, 0.717) is 24.2 Å². The number of hydrogen-bond donors (Lipinski definition) is 1. The van der Waals surface area contributed by atoms with Crippen LogP contribution in [0.15, 0.2) is 18.2 Å². The molecule has 1 aliphatic rings. The minimum absolute atomic E-state index is 0.0186. The maximum atomic E-state index is 13.2. The van der Waals surface area contributed by atoms with Gasteiger partial charge in [-0.15, -0.1) is 0 Å². The molecule has 0 spiro atoms. The van der Waals surface area contributed by atoms with Crippen LogP contribution < -0.4 is 5.73 Å². The van der Waals surface area contributed by atoms with E-state index in [-0.39, 0.29) is 17.1 Å². The zero-order valence-electron chi connectivity index (χ0n) is 10.9. The van der Waals surface area contributed by atoms with Crippen molar-refractivity contribution in [3.63, 3.8) is 0 Å². The number of aryl methyl sites for hydroxylation is 1. The van der Waals surface area contributed by atoms with Crippen molar-refractivity contribution in [1.29, 1.82) is 0 Å². The molecule has 1 aromatic carbocycles. The van der Waals surface area contributed by atoms with Crippen LogP contribution >= 0.6 is 0 Å². The molecule has 2 rings (SSSR count). The second-order valence-electron chi connectivity index (χ2n) is 5.46. The average molecular weight is 250 g/mol. The number of rotatable bonds is 2. The van der Waals surface area contributed by atoms with Gasteiger partial charge in [0, 0.05) is 18.7 Å². The smallest absolute Gasteiger partial charge is 0.253 e. The molecule has 0 bridgehead atoms. The molecule has 1 amide bonds. The van der Waals surface area contributed by atoms with Crippen molar-refractivity contribution < 1.29 is 9.18 Å². The Kier molecular flexibility index (Phi) is 3.39. The van der Waals surface area contributed by atoms with Gasteiger partial charge >= 0.3 is 0 Å². The second kappa shape index (κ2) is 4.69. The molecule has 18 heavy (non-hydrogen) atoms. The molecule has 4 heteroatoms. The lowest BCUT2D eigenvalue weighted by Crippen LogP contribution is -2.34. The number of amides is 1. The molecule has 0 radical (unpaired) electrons. The van der Waals surface area contributed by atoms with Crippen LogP contribution in [0.3, 0.4) is 0 Å². The van der Waals surface area contributed by atoms with Crippen LogP contribution in [-0.2, 0) is 0 Å². The maximum absolute atomic E-state index is 13.2. The molecule has 2 N–H and O–H groups in total. The Morgan fingerprint density at radius 1 is 1.56 bits per heavy atom. The summed E-state index contributed by atoms with van der Waals surface area (Å²) in [6, 6.07) is 4.50. The van der Waals surface area contributed by atoms with E-state index in [1.807, 2.05) is 0 Å². The van der Waals surface area contributed by atoms with Crippen LogP contribution in [0, 0.1) is 18.2 Å². The molecule has 0 aromatic heterocycles. The summed E-state index contributed by atoms with van der Waals surface area (Å²) in [7, 11) is 0. The third-order valence-corrected chi connectivity index (χ3v) is 3.74. The summed E-state index contributed by atoms with van der Waals surface area (Å²) in [5.74, 6) is -0.310. The van der Waals surface area contributed by atoms with Gasteiger partial charge in [0.05, 0.1) is 0 Å². The minimum atomic E-state index is -0.278. The van der Waals surface area contributed by atoms with Gasteiger partial charge in [-0.3, -0.25) is 4.79 Å². The molecule has 3 nitrogen and oxygen atoms in total. The van der Waals surface area contributed by atoms with Crippen LogP contribution in [-0.4, -0.2) is 30.4 Å². The Balaban J connectivity index is 2.15. The highest BCUT2D eigenvalue weighted by Gasteiger charge is 2.35. The minimum Gasteiger partial charge on any atom is -0.338 e. The third-order valence-electron chi connectivity index (χ3n) is 3.74. The number of hydrogen-bond acceptors (Lipinski definition) is 2. The number of carbonyl (C=O) groups excluding carboxylic acids is 1. The molecule has 1 aromatic rings. The third kappa shape index (κ3) is 2.38. The van der Waals surface area contributed by atoms with E-state index in [0.717, 1.165) is 13.0 Å². The van der Waals surface area contributed by atoms with Crippen molar-refractivity contribution in [2.24, 2.45) is 11.1 Å². The van der Waals surface area contributed by atoms with Gasteiger partial charge < -0.3 is 10.6 Å². The second-order valence-corrected chi connectivity index (χ2v) is 5.46. The highest BCUT2D eigenvalue weighted by molar-refractivity contribution is 5.94. The Morgan fingerprint density at radius 2 is 2.28 bits per heavy atom. The van der Waals surface area contributed by atoms with Gasteiger partial charge in [-0.05, 0) is 49.1 Å². The molecular formula is C14H19FN2O. The summed E-state index contributed by atoms with van der Waals surface area (Å²) in [4.78, 5) is 14.1. The van der Waals surface area contributed by atoms with Crippen molar-refractivity contribution >= 4 is 5.91 Å². The fraction of sp³-hybridized carbons (Fsp3) is 0.500. The van der Waals surface area contributed by atoms with Crippen LogP contribution in [0.5, 0.6) is 0 Å². The quantitative estimate of drug-likeness (QED) is 0.872. The van der Waals surface area contributed by atoms with E-state index >= 15 is 0 Å². The summed E-state index contributed by atoms with van der Waals surface area (Å²) < 4.78 is 13.2. The van der Waals surface area contributed by atoms with Crippen LogP contribution in [0.25, 0.3) is 0 Å². The molecular weight excluding hydrogens is 231 g/mol. The summed E-state index contributed by atoms with van der Waals surface area (Å²) in [6.07, 6.45) is 0.926. The molecule has 98 valence electrons. The Morgan fingerprint density at radius 3 is 2.83 bits per heavy atom. The first-order valence-electron chi connectivity index (χ1n) is 6.21. The van der Waals surface area contributed by atoms with Crippen molar-refractivity contribution in [2.75, 3.05) is 19.6 Å². The summed E-state index contributed by atoms with van der Waals surface area (Å²) in [5, 5.41) is 0. The fourth-order valence-corrected chi connectivity index (χ4v) is 2.32. The molecule has 1 unspecified atom stereocenters. The first-order chi connectivity index (χ1) is 8.45. The largest absolute Gasteiger partial charge is 0.338 e. The van der Waals surface area contributed by atoms with Gasteiger partial charge in [-0.1, -0.05) is 6.92 Å². The summed E-state index contributed by atoms with van der Waals surface area (Å²) in [5.41, 5.74) is 6.80. The number of carbonyl (C=O) groups is 1. The van der Waals surface area contributed by atoms with Gasteiger partial charge in [-0.25, -0.2) is 4.39 Å². The van der Waals surface area contributed by atoms with E-state index in [1.165, 1.54) is 6.07 Å². The molecule has 1 fully saturated rings. The first-order valence-corrected chi connectivity index (χ1v) is 6.21. The predicted octanol–water partition coefficient (Wildman–Crippen LogP) is 1.95. The number of likely N-dealkylation sites (tertiary alicyclic amines) is 1. The van der Waals surface area contributed by atoms with E-state index < -0.39 is 0 Å². The standard InChI is InChI=1S/C14H19FN2O/c1-10-7-11(3-4-12(10)15)13(18)17-6-5-14(2,8-16)9-17/h3-4,7H,5-6,8-9,16H2,1-2H3. The SMILES string of the molecule is Cc1cc(C(=O)N2CCC(C)(CN)C2)ccc1F. The Hall–Kier alpha value is -1.42. The number of nitrogens with zero attached hydrogens (tertiary/aromatic N) is 1. The van der Waals surface area contributed by atoms with E-state index in [9.17, 15) is 9.18 Å². The monoisotopic (exact) mass is 250 g/mol. The molecule has 0 saturated carbocycles. The van der Waals surface area contributed by atoms with Gasteiger partial charge in [0.2, 0.25) is 0 Å².